The van der Waals surface area contributed by atoms with Gasteiger partial charge in [0.1, 0.15) is 5.78 Å². The SMILES string of the molecule is CC12CCCC(=O)C1C2. The molecule has 2 unspecified atom stereocenters. The van der Waals surface area contributed by atoms with E-state index in [1.807, 2.05) is 0 Å². The minimum atomic E-state index is 0.468. The highest BCUT2D eigenvalue weighted by molar-refractivity contribution is 5.85. The van der Waals surface area contributed by atoms with Crippen LogP contribution in [0.25, 0.3) is 0 Å². The van der Waals surface area contributed by atoms with Crippen molar-refractivity contribution < 1.29 is 4.79 Å². The van der Waals surface area contributed by atoms with E-state index < -0.39 is 0 Å². The molecule has 0 radical (unpaired) electrons. The second kappa shape index (κ2) is 1.39. The normalized spacial score (nSPS) is 48.6. The van der Waals surface area contributed by atoms with Crippen LogP contribution in [0.1, 0.15) is 32.6 Å². The summed E-state index contributed by atoms with van der Waals surface area (Å²) in [6.45, 7) is 2.24. The summed E-state index contributed by atoms with van der Waals surface area (Å²) in [5.74, 6) is 1.01. The molecule has 2 fully saturated rings. The maximum Gasteiger partial charge on any atom is 0.136 e. The monoisotopic (exact) mass is 124 g/mol. The Morgan fingerprint density at radius 2 is 2.44 bits per heavy atom. The first-order chi connectivity index (χ1) is 4.22. The Bertz CT molecular complexity index is 162. The van der Waals surface area contributed by atoms with Crippen LogP contribution in [-0.4, -0.2) is 5.78 Å². The van der Waals surface area contributed by atoms with Crippen LogP contribution in [0.15, 0.2) is 0 Å². The fraction of sp³-hybridized carbons (Fsp3) is 0.875. The molecule has 2 saturated carbocycles. The lowest BCUT2D eigenvalue weighted by atomic mass is 9.89. The van der Waals surface area contributed by atoms with Crippen LogP contribution in [0.2, 0.25) is 0 Å². The first kappa shape index (κ1) is 5.45. The summed E-state index contributed by atoms with van der Waals surface area (Å²) < 4.78 is 0. The average Bonchev–Trinajstić information content (AvgIpc) is 2.43. The Hall–Kier alpha value is -0.330. The van der Waals surface area contributed by atoms with E-state index in [-0.39, 0.29) is 0 Å². The van der Waals surface area contributed by atoms with E-state index in [9.17, 15) is 4.79 Å². The number of rotatable bonds is 0. The predicted molar refractivity (Wildman–Crippen MR) is 35.1 cm³/mol. The van der Waals surface area contributed by atoms with E-state index in [2.05, 4.69) is 6.92 Å². The molecule has 9 heavy (non-hydrogen) atoms. The summed E-state index contributed by atoms with van der Waals surface area (Å²) in [6.07, 6.45) is 4.49. The molecule has 0 amide bonds. The minimum absolute atomic E-state index is 0.468. The van der Waals surface area contributed by atoms with E-state index in [0.29, 0.717) is 17.1 Å². The van der Waals surface area contributed by atoms with Crippen LogP contribution in [0.3, 0.4) is 0 Å². The summed E-state index contributed by atoms with van der Waals surface area (Å²) in [5, 5.41) is 0. The summed E-state index contributed by atoms with van der Waals surface area (Å²) >= 11 is 0. The number of carbonyl (C=O) groups is 1. The molecular weight excluding hydrogens is 112 g/mol. The van der Waals surface area contributed by atoms with Crippen molar-refractivity contribution >= 4 is 5.78 Å². The Kier molecular flexibility index (Phi) is 0.842. The molecule has 0 saturated heterocycles. The maximum atomic E-state index is 11.0. The molecule has 0 spiro atoms. The van der Waals surface area contributed by atoms with Crippen molar-refractivity contribution in [1.29, 1.82) is 0 Å². The van der Waals surface area contributed by atoms with Crippen molar-refractivity contribution in [2.45, 2.75) is 32.6 Å². The van der Waals surface area contributed by atoms with Gasteiger partial charge in [0.15, 0.2) is 0 Å². The van der Waals surface area contributed by atoms with Crippen molar-refractivity contribution in [2.24, 2.45) is 11.3 Å². The van der Waals surface area contributed by atoms with E-state index >= 15 is 0 Å². The zero-order chi connectivity index (χ0) is 6.48. The molecule has 2 atom stereocenters. The molecule has 2 rings (SSSR count). The van der Waals surface area contributed by atoms with Gasteiger partial charge in [0.05, 0.1) is 0 Å². The molecule has 0 bridgehead atoms. The third kappa shape index (κ3) is 0.637. The number of carbonyl (C=O) groups excluding carboxylic acids is 1. The van der Waals surface area contributed by atoms with E-state index in [0.717, 1.165) is 12.8 Å². The molecule has 0 heterocycles. The lowest BCUT2D eigenvalue weighted by Crippen LogP contribution is -2.13. The van der Waals surface area contributed by atoms with Crippen molar-refractivity contribution in [2.75, 3.05) is 0 Å². The van der Waals surface area contributed by atoms with Crippen molar-refractivity contribution in [3.63, 3.8) is 0 Å². The van der Waals surface area contributed by atoms with Gasteiger partial charge in [0, 0.05) is 12.3 Å². The Balaban J connectivity index is 2.16. The summed E-state index contributed by atoms with van der Waals surface area (Å²) in [5.41, 5.74) is 0.468. The number of fused-ring (bicyclic) bond motifs is 1. The van der Waals surface area contributed by atoms with Crippen molar-refractivity contribution in [1.82, 2.24) is 0 Å². The molecule has 2 aliphatic carbocycles. The number of ketones is 1. The van der Waals surface area contributed by atoms with Gasteiger partial charge in [-0.1, -0.05) is 6.92 Å². The second-order valence-corrected chi connectivity index (χ2v) is 3.73. The van der Waals surface area contributed by atoms with E-state index in [1.54, 1.807) is 0 Å². The van der Waals surface area contributed by atoms with Crippen LogP contribution in [-0.2, 0) is 4.79 Å². The Morgan fingerprint density at radius 3 is 3.00 bits per heavy atom. The van der Waals surface area contributed by atoms with Crippen molar-refractivity contribution in [3.05, 3.63) is 0 Å². The highest BCUT2D eigenvalue weighted by Crippen LogP contribution is 2.59. The molecular formula is C8H12O. The number of hydrogen-bond donors (Lipinski definition) is 0. The molecule has 0 aromatic carbocycles. The quantitative estimate of drug-likeness (QED) is 0.481. The highest BCUT2D eigenvalue weighted by Gasteiger charge is 2.55. The summed E-state index contributed by atoms with van der Waals surface area (Å²) in [6, 6.07) is 0. The van der Waals surface area contributed by atoms with Crippen LogP contribution in [0.4, 0.5) is 0 Å². The lowest BCUT2D eigenvalue weighted by molar-refractivity contribution is -0.122. The second-order valence-electron chi connectivity index (χ2n) is 3.73. The molecule has 0 aliphatic heterocycles. The third-order valence-corrected chi connectivity index (χ3v) is 2.91. The smallest absolute Gasteiger partial charge is 0.136 e. The molecule has 0 aromatic heterocycles. The van der Waals surface area contributed by atoms with Crippen LogP contribution in [0.5, 0.6) is 0 Å². The van der Waals surface area contributed by atoms with Gasteiger partial charge in [0.25, 0.3) is 0 Å². The Labute approximate surface area is 55.4 Å². The van der Waals surface area contributed by atoms with Gasteiger partial charge in [-0.05, 0) is 24.7 Å². The summed E-state index contributed by atoms with van der Waals surface area (Å²) in [7, 11) is 0. The van der Waals surface area contributed by atoms with Crippen LogP contribution >= 0.6 is 0 Å². The molecule has 1 heteroatoms. The largest absolute Gasteiger partial charge is 0.299 e. The number of hydrogen-bond acceptors (Lipinski definition) is 1. The molecule has 50 valence electrons. The molecule has 0 aromatic rings. The van der Waals surface area contributed by atoms with Gasteiger partial charge in [0.2, 0.25) is 0 Å². The van der Waals surface area contributed by atoms with Gasteiger partial charge in [-0.3, -0.25) is 4.79 Å². The average molecular weight is 124 g/mol. The first-order valence-corrected chi connectivity index (χ1v) is 3.75. The van der Waals surface area contributed by atoms with Crippen LogP contribution in [0, 0.1) is 11.3 Å². The fourth-order valence-corrected chi connectivity index (χ4v) is 2.03. The highest BCUT2D eigenvalue weighted by atomic mass is 16.1. The predicted octanol–water partition coefficient (Wildman–Crippen LogP) is 1.77. The molecule has 2 aliphatic rings. The zero-order valence-electron chi connectivity index (χ0n) is 5.81. The topological polar surface area (TPSA) is 17.1 Å². The standard InChI is InChI=1S/C8H12O/c1-8-4-2-3-7(9)6(8)5-8/h6H,2-5H2,1H3. The Morgan fingerprint density at radius 1 is 1.67 bits per heavy atom. The van der Waals surface area contributed by atoms with Gasteiger partial charge in [-0.25, -0.2) is 0 Å². The molecule has 1 nitrogen and oxygen atoms in total. The summed E-state index contributed by atoms with van der Waals surface area (Å²) in [4.78, 5) is 11.0. The minimum Gasteiger partial charge on any atom is -0.299 e. The van der Waals surface area contributed by atoms with Gasteiger partial charge < -0.3 is 0 Å². The van der Waals surface area contributed by atoms with Gasteiger partial charge >= 0.3 is 0 Å². The number of Topliss-reactive ketones (excluding diaryl/α,β-unsaturated/α-hetero) is 1. The van der Waals surface area contributed by atoms with Gasteiger partial charge in [-0.2, -0.15) is 0 Å². The third-order valence-electron chi connectivity index (χ3n) is 2.91. The molecule has 0 N–H and O–H groups in total. The van der Waals surface area contributed by atoms with Crippen LogP contribution < -0.4 is 0 Å². The fourth-order valence-electron chi connectivity index (χ4n) is 2.03. The van der Waals surface area contributed by atoms with Gasteiger partial charge in [-0.15, -0.1) is 0 Å². The van der Waals surface area contributed by atoms with Crippen molar-refractivity contribution in [3.8, 4) is 0 Å². The zero-order valence-corrected chi connectivity index (χ0v) is 5.81. The van der Waals surface area contributed by atoms with E-state index in [1.165, 1.54) is 12.8 Å². The lowest BCUT2D eigenvalue weighted by Gasteiger charge is -2.14. The van der Waals surface area contributed by atoms with E-state index in [4.69, 9.17) is 0 Å². The maximum absolute atomic E-state index is 11.0. The first-order valence-electron chi connectivity index (χ1n) is 3.75.